The van der Waals surface area contributed by atoms with Crippen molar-refractivity contribution in [2.24, 2.45) is 13.0 Å². The summed E-state index contributed by atoms with van der Waals surface area (Å²) in [5.74, 6) is -1.44. The monoisotopic (exact) mass is 302 g/mol. The van der Waals surface area contributed by atoms with Crippen molar-refractivity contribution < 1.29 is 14.8 Å². The van der Waals surface area contributed by atoms with E-state index in [2.05, 4.69) is 6.58 Å². The van der Waals surface area contributed by atoms with Crippen LogP contribution >= 0.6 is 0 Å². The van der Waals surface area contributed by atoms with Crippen LogP contribution in [-0.4, -0.2) is 20.6 Å². The van der Waals surface area contributed by atoms with Gasteiger partial charge in [-0.05, 0) is 30.5 Å². The van der Waals surface area contributed by atoms with Gasteiger partial charge in [-0.25, -0.2) is 0 Å². The third-order valence-corrected chi connectivity index (χ3v) is 3.95. The van der Waals surface area contributed by atoms with E-state index >= 15 is 0 Å². The lowest BCUT2D eigenvalue weighted by Gasteiger charge is -2.09. The Balaban J connectivity index is 2.72. The number of rotatable bonds is 6. The second-order valence-electron chi connectivity index (χ2n) is 5.27. The summed E-state index contributed by atoms with van der Waals surface area (Å²) < 4.78 is 1.79. The van der Waals surface area contributed by atoms with Crippen LogP contribution in [0.4, 0.5) is 5.69 Å². The summed E-state index contributed by atoms with van der Waals surface area (Å²) >= 11 is 0. The van der Waals surface area contributed by atoms with Crippen LogP contribution in [0.5, 0.6) is 0 Å². The molecule has 0 bridgehead atoms. The van der Waals surface area contributed by atoms with Crippen molar-refractivity contribution in [3.05, 3.63) is 46.1 Å². The zero-order valence-corrected chi connectivity index (χ0v) is 12.6. The zero-order valence-electron chi connectivity index (χ0n) is 12.6. The van der Waals surface area contributed by atoms with Gasteiger partial charge in [0, 0.05) is 13.2 Å². The number of nitro groups is 1. The molecule has 2 rings (SSSR count). The van der Waals surface area contributed by atoms with Gasteiger partial charge in [0.25, 0.3) is 5.69 Å². The van der Waals surface area contributed by atoms with Gasteiger partial charge in [-0.1, -0.05) is 19.6 Å². The number of aromatic nitrogens is 1. The molecule has 1 aromatic carbocycles. The molecule has 6 heteroatoms. The Labute approximate surface area is 127 Å². The van der Waals surface area contributed by atoms with Gasteiger partial charge in [-0.3, -0.25) is 14.9 Å². The van der Waals surface area contributed by atoms with Crippen LogP contribution in [0.25, 0.3) is 17.0 Å². The molecule has 0 aliphatic carbocycles. The van der Waals surface area contributed by atoms with E-state index in [-0.39, 0.29) is 12.1 Å². The van der Waals surface area contributed by atoms with Crippen LogP contribution in [0.3, 0.4) is 0 Å². The van der Waals surface area contributed by atoms with Crippen LogP contribution in [-0.2, 0) is 18.3 Å². The number of nitro benzene ring substituents is 1. The lowest BCUT2D eigenvalue weighted by atomic mass is 9.95. The third-order valence-electron chi connectivity index (χ3n) is 3.95. The maximum Gasteiger partial charge on any atom is 0.306 e. The molecule has 6 nitrogen and oxygen atoms in total. The Morgan fingerprint density at radius 3 is 2.73 bits per heavy atom. The van der Waals surface area contributed by atoms with E-state index in [0.29, 0.717) is 28.5 Å². The third kappa shape index (κ3) is 2.59. The number of carbonyl (C=O) groups is 1. The maximum absolute atomic E-state index is 11.5. The summed E-state index contributed by atoms with van der Waals surface area (Å²) in [6.07, 6.45) is 3.96. The molecule has 1 atom stereocenters. The van der Waals surface area contributed by atoms with E-state index < -0.39 is 16.8 Å². The second-order valence-corrected chi connectivity index (χ2v) is 5.27. The average molecular weight is 302 g/mol. The van der Waals surface area contributed by atoms with Crippen LogP contribution < -0.4 is 0 Å². The molecule has 0 saturated carbocycles. The predicted molar refractivity (Wildman–Crippen MR) is 84.8 cm³/mol. The van der Waals surface area contributed by atoms with Crippen molar-refractivity contribution >= 4 is 28.6 Å². The summed E-state index contributed by atoms with van der Waals surface area (Å²) in [6.45, 7) is 5.42. The van der Waals surface area contributed by atoms with Gasteiger partial charge in [0.1, 0.15) is 0 Å². The van der Waals surface area contributed by atoms with Crippen LogP contribution in [0.2, 0.25) is 0 Å². The molecule has 0 spiro atoms. The minimum Gasteiger partial charge on any atom is -0.481 e. The molecule has 1 N–H and O–H groups in total. The summed E-state index contributed by atoms with van der Waals surface area (Å²) in [4.78, 5) is 22.3. The molecule has 2 aromatic rings. The Morgan fingerprint density at radius 2 is 2.23 bits per heavy atom. The largest absolute Gasteiger partial charge is 0.481 e. The number of aryl methyl sites for hydroxylation is 1. The number of hydrogen-bond acceptors (Lipinski definition) is 3. The van der Waals surface area contributed by atoms with Crippen LogP contribution in [0.15, 0.2) is 24.9 Å². The summed E-state index contributed by atoms with van der Waals surface area (Å²) in [5, 5.41) is 21.2. The molecule has 1 unspecified atom stereocenters. The topological polar surface area (TPSA) is 85.4 Å². The lowest BCUT2D eigenvalue weighted by Crippen LogP contribution is -2.15. The predicted octanol–water partition coefficient (Wildman–Crippen LogP) is 3.38. The summed E-state index contributed by atoms with van der Waals surface area (Å²) in [5.41, 5.74) is 1.83. The van der Waals surface area contributed by atoms with Crippen molar-refractivity contribution in [3.8, 4) is 0 Å². The van der Waals surface area contributed by atoms with E-state index in [1.54, 1.807) is 36.9 Å². The second kappa shape index (κ2) is 6.01. The van der Waals surface area contributed by atoms with Crippen molar-refractivity contribution in [1.82, 2.24) is 4.57 Å². The van der Waals surface area contributed by atoms with Crippen molar-refractivity contribution in [2.45, 2.75) is 19.8 Å². The van der Waals surface area contributed by atoms with Gasteiger partial charge in [-0.2, -0.15) is 0 Å². The van der Waals surface area contributed by atoms with Gasteiger partial charge in [-0.15, -0.1) is 0 Å². The van der Waals surface area contributed by atoms with Crippen molar-refractivity contribution in [3.63, 3.8) is 0 Å². The SMILES string of the molecule is C=Cc1ccc2c(c(CC(CC)C(=O)O)cn2C)c1[N+](=O)[O-]. The number of benzene rings is 1. The van der Waals surface area contributed by atoms with E-state index in [1.165, 1.54) is 6.08 Å². The maximum atomic E-state index is 11.5. The van der Waals surface area contributed by atoms with Gasteiger partial charge in [0.2, 0.25) is 0 Å². The fourth-order valence-electron chi connectivity index (χ4n) is 2.76. The number of hydrogen-bond donors (Lipinski definition) is 1. The fourth-order valence-corrected chi connectivity index (χ4v) is 2.76. The van der Waals surface area contributed by atoms with E-state index in [4.69, 9.17) is 0 Å². The van der Waals surface area contributed by atoms with Gasteiger partial charge in [0.15, 0.2) is 0 Å². The molecule has 0 fully saturated rings. The Hall–Kier alpha value is -2.63. The number of carboxylic acid groups (broad SMARTS) is 1. The standard InChI is InChI=1S/C16H18N2O4/c1-4-10-6-7-13-14(15(10)18(21)22)12(9-17(13)3)8-11(5-2)16(19)20/h4,6-7,9,11H,1,5,8H2,2-3H3,(H,19,20). The van der Waals surface area contributed by atoms with Crippen molar-refractivity contribution in [2.75, 3.05) is 0 Å². The lowest BCUT2D eigenvalue weighted by molar-refractivity contribution is -0.383. The highest BCUT2D eigenvalue weighted by molar-refractivity contribution is 5.96. The molecule has 22 heavy (non-hydrogen) atoms. The fraction of sp³-hybridized carbons (Fsp3) is 0.312. The Bertz CT molecular complexity index is 761. The Morgan fingerprint density at radius 1 is 1.55 bits per heavy atom. The number of carboxylic acids is 1. The first-order valence-corrected chi connectivity index (χ1v) is 7.01. The molecular weight excluding hydrogens is 284 g/mol. The molecule has 0 saturated heterocycles. The molecule has 116 valence electrons. The highest BCUT2D eigenvalue weighted by Gasteiger charge is 2.25. The van der Waals surface area contributed by atoms with Gasteiger partial charge in [0.05, 0.1) is 27.3 Å². The molecular formula is C16H18N2O4. The zero-order chi connectivity index (χ0) is 16.4. The first-order valence-electron chi connectivity index (χ1n) is 7.01. The average Bonchev–Trinajstić information content (AvgIpc) is 2.79. The normalized spacial score (nSPS) is 12.3. The van der Waals surface area contributed by atoms with E-state index in [9.17, 15) is 20.0 Å². The number of aliphatic carboxylic acids is 1. The van der Waals surface area contributed by atoms with Crippen molar-refractivity contribution in [1.29, 1.82) is 0 Å². The summed E-state index contributed by atoms with van der Waals surface area (Å²) in [6, 6.07) is 3.45. The first-order chi connectivity index (χ1) is 10.4. The number of nitrogens with zero attached hydrogens (tertiary/aromatic N) is 2. The van der Waals surface area contributed by atoms with E-state index in [1.807, 2.05) is 0 Å². The summed E-state index contributed by atoms with van der Waals surface area (Å²) in [7, 11) is 1.80. The molecule has 1 aromatic heterocycles. The molecule has 0 amide bonds. The highest BCUT2D eigenvalue weighted by Crippen LogP contribution is 2.35. The van der Waals surface area contributed by atoms with E-state index in [0.717, 1.165) is 0 Å². The minimum absolute atomic E-state index is 0.0108. The smallest absolute Gasteiger partial charge is 0.306 e. The molecule has 1 heterocycles. The minimum atomic E-state index is -0.887. The molecule has 0 aliphatic heterocycles. The first kappa shape index (κ1) is 15.8. The highest BCUT2D eigenvalue weighted by atomic mass is 16.6. The van der Waals surface area contributed by atoms with Crippen LogP contribution in [0, 0.1) is 16.0 Å². The Kier molecular flexibility index (Phi) is 4.30. The van der Waals surface area contributed by atoms with Gasteiger partial charge < -0.3 is 9.67 Å². The quantitative estimate of drug-likeness (QED) is 0.654. The van der Waals surface area contributed by atoms with Gasteiger partial charge >= 0.3 is 5.97 Å². The molecule has 0 aliphatic rings. The molecule has 0 radical (unpaired) electrons. The number of fused-ring (bicyclic) bond motifs is 1. The van der Waals surface area contributed by atoms with Crippen LogP contribution in [0.1, 0.15) is 24.5 Å².